The summed E-state index contributed by atoms with van der Waals surface area (Å²) in [7, 11) is 0. The number of carboxylic acids is 1. The van der Waals surface area contributed by atoms with Gasteiger partial charge in [0.2, 0.25) is 0 Å². The summed E-state index contributed by atoms with van der Waals surface area (Å²) < 4.78 is 37.3. The van der Waals surface area contributed by atoms with Gasteiger partial charge in [-0.3, -0.25) is 9.59 Å². The highest BCUT2D eigenvalue weighted by atomic mass is 79.9. The first-order valence-corrected chi connectivity index (χ1v) is 6.31. The molecule has 8 heteroatoms. The Morgan fingerprint density at radius 1 is 1.35 bits per heavy atom. The van der Waals surface area contributed by atoms with E-state index in [0.717, 1.165) is 0 Å². The predicted molar refractivity (Wildman–Crippen MR) is 68.1 cm³/mol. The first-order valence-electron chi connectivity index (χ1n) is 5.52. The molecule has 0 bridgehead atoms. The van der Waals surface area contributed by atoms with Gasteiger partial charge in [0.25, 0.3) is 0 Å². The first-order chi connectivity index (χ1) is 9.18. The number of carbonyl (C=O) groups is 2. The first kappa shape index (κ1) is 16.5. The van der Waals surface area contributed by atoms with Crippen molar-refractivity contribution in [2.75, 3.05) is 0 Å². The molecule has 20 heavy (non-hydrogen) atoms. The fourth-order valence-electron chi connectivity index (χ4n) is 1.60. The molecule has 0 radical (unpaired) electrons. The standard InChI is InChI=1S/C12H11BrF3NO3/c13-8-3-1-2-7(4-8)5-9(6-10(18)19)17-11(20)12(14,15)16/h1-4,9H,5-6H2,(H,17,20)(H,18,19)/t9-/m1/s1. The summed E-state index contributed by atoms with van der Waals surface area (Å²) in [4.78, 5) is 21.5. The Hall–Kier alpha value is -1.57. The molecule has 0 aliphatic heterocycles. The van der Waals surface area contributed by atoms with Crippen molar-refractivity contribution in [1.82, 2.24) is 5.32 Å². The smallest absolute Gasteiger partial charge is 0.471 e. The minimum absolute atomic E-state index is 0.00639. The van der Waals surface area contributed by atoms with Crippen molar-refractivity contribution in [2.24, 2.45) is 0 Å². The minimum Gasteiger partial charge on any atom is -0.481 e. The predicted octanol–water partition coefficient (Wildman–Crippen LogP) is 2.51. The number of hydrogen-bond donors (Lipinski definition) is 2. The Morgan fingerprint density at radius 3 is 2.50 bits per heavy atom. The van der Waals surface area contributed by atoms with E-state index < -0.39 is 30.5 Å². The van der Waals surface area contributed by atoms with Gasteiger partial charge in [-0.25, -0.2) is 0 Å². The number of carbonyl (C=O) groups excluding carboxylic acids is 1. The molecule has 0 aromatic heterocycles. The summed E-state index contributed by atoms with van der Waals surface area (Å²) in [6, 6.07) is 5.55. The van der Waals surface area contributed by atoms with Gasteiger partial charge in [0.15, 0.2) is 0 Å². The lowest BCUT2D eigenvalue weighted by Crippen LogP contribution is -2.45. The highest BCUT2D eigenvalue weighted by molar-refractivity contribution is 9.10. The van der Waals surface area contributed by atoms with Gasteiger partial charge in [-0.05, 0) is 24.1 Å². The largest absolute Gasteiger partial charge is 0.481 e. The van der Waals surface area contributed by atoms with Crippen LogP contribution in [0, 0.1) is 0 Å². The van der Waals surface area contributed by atoms with Crippen LogP contribution in [-0.2, 0) is 16.0 Å². The second-order valence-corrected chi connectivity index (χ2v) is 5.02. The number of alkyl halides is 3. The van der Waals surface area contributed by atoms with Crippen LogP contribution in [0.2, 0.25) is 0 Å². The van der Waals surface area contributed by atoms with E-state index in [1.54, 1.807) is 29.6 Å². The van der Waals surface area contributed by atoms with Gasteiger partial charge in [0.1, 0.15) is 0 Å². The van der Waals surface area contributed by atoms with E-state index in [-0.39, 0.29) is 6.42 Å². The molecule has 110 valence electrons. The second kappa shape index (κ2) is 6.74. The Kier molecular flexibility index (Phi) is 5.55. The number of aliphatic carboxylic acids is 1. The van der Waals surface area contributed by atoms with Crippen LogP contribution in [0.25, 0.3) is 0 Å². The maximum Gasteiger partial charge on any atom is 0.471 e. The molecule has 0 unspecified atom stereocenters. The van der Waals surface area contributed by atoms with Crippen LogP contribution in [0.4, 0.5) is 13.2 Å². The maximum absolute atomic E-state index is 12.2. The molecule has 0 aliphatic rings. The second-order valence-electron chi connectivity index (χ2n) is 4.10. The van der Waals surface area contributed by atoms with Crippen LogP contribution in [-0.4, -0.2) is 29.2 Å². The van der Waals surface area contributed by atoms with E-state index in [1.165, 1.54) is 0 Å². The summed E-state index contributed by atoms with van der Waals surface area (Å²) >= 11 is 3.20. The summed E-state index contributed by atoms with van der Waals surface area (Å²) in [5, 5.41) is 10.4. The molecule has 2 N–H and O–H groups in total. The van der Waals surface area contributed by atoms with Gasteiger partial charge < -0.3 is 10.4 Å². The molecular weight excluding hydrogens is 343 g/mol. The number of rotatable bonds is 5. The van der Waals surface area contributed by atoms with Gasteiger partial charge in [0, 0.05) is 10.5 Å². The fourth-order valence-corrected chi connectivity index (χ4v) is 2.05. The summed E-state index contributed by atoms with van der Waals surface area (Å²) in [5.74, 6) is -3.42. The van der Waals surface area contributed by atoms with Crippen molar-refractivity contribution in [3.8, 4) is 0 Å². The molecule has 0 saturated heterocycles. The SMILES string of the molecule is O=C(O)C[C@@H](Cc1cccc(Br)c1)NC(=O)C(F)(F)F. The Bertz CT molecular complexity index is 505. The van der Waals surface area contributed by atoms with Crippen molar-refractivity contribution in [1.29, 1.82) is 0 Å². The molecule has 1 aromatic rings. The molecule has 0 heterocycles. The van der Waals surface area contributed by atoms with Gasteiger partial charge in [-0.15, -0.1) is 0 Å². The summed E-state index contributed by atoms with van der Waals surface area (Å²) in [6.07, 6.45) is -5.63. The average molecular weight is 354 g/mol. The number of hydrogen-bond acceptors (Lipinski definition) is 2. The van der Waals surface area contributed by atoms with Crippen LogP contribution < -0.4 is 5.32 Å². The van der Waals surface area contributed by atoms with Crippen LogP contribution in [0.3, 0.4) is 0 Å². The highest BCUT2D eigenvalue weighted by Gasteiger charge is 2.39. The van der Waals surface area contributed by atoms with Crippen molar-refractivity contribution in [3.05, 3.63) is 34.3 Å². The number of benzene rings is 1. The van der Waals surface area contributed by atoms with Crippen molar-refractivity contribution < 1.29 is 27.9 Å². The zero-order valence-electron chi connectivity index (χ0n) is 10.1. The quantitative estimate of drug-likeness (QED) is 0.854. The molecule has 1 amide bonds. The molecule has 0 fully saturated rings. The monoisotopic (exact) mass is 353 g/mol. The molecule has 0 aliphatic carbocycles. The minimum atomic E-state index is -5.03. The van der Waals surface area contributed by atoms with Crippen molar-refractivity contribution >= 4 is 27.8 Å². The zero-order valence-corrected chi connectivity index (χ0v) is 11.7. The summed E-state index contributed by atoms with van der Waals surface area (Å²) in [6.45, 7) is 0. The third kappa shape index (κ3) is 5.60. The Morgan fingerprint density at radius 2 is 2.00 bits per heavy atom. The molecule has 0 saturated carbocycles. The normalized spacial score (nSPS) is 12.8. The lowest BCUT2D eigenvalue weighted by atomic mass is 10.0. The molecule has 4 nitrogen and oxygen atoms in total. The molecule has 0 spiro atoms. The van der Waals surface area contributed by atoms with Crippen molar-refractivity contribution in [3.63, 3.8) is 0 Å². The van der Waals surface area contributed by atoms with E-state index in [9.17, 15) is 22.8 Å². The van der Waals surface area contributed by atoms with Crippen LogP contribution >= 0.6 is 15.9 Å². The van der Waals surface area contributed by atoms with E-state index in [1.807, 2.05) is 0 Å². The van der Waals surface area contributed by atoms with Gasteiger partial charge in [-0.1, -0.05) is 28.1 Å². The topological polar surface area (TPSA) is 66.4 Å². The summed E-state index contributed by atoms with van der Waals surface area (Å²) in [5.41, 5.74) is 0.619. The van der Waals surface area contributed by atoms with Crippen LogP contribution in [0.5, 0.6) is 0 Å². The lowest BCUT2D eigenvalue weighted by Gasteiger charge is -2.18. The molecule has 1 atom stereocenters. The van der Waals surface area contributed by atoms with Gasteiger partial charge in [-0.2, -0.15) is 13.2 Å². The van der Waals surface area contributed by atoms with E-state index in [0.29, 0.717) is 10.0 Å². The third-order valence-corrected chi connectivity index (χ3v) is 2.88. The zero-order chi connectivity index (χ0) is 15.3. The number of halogens is 4. The Labute approximate surface area is 121 Å². The number of amides is 1. The lowest BCUT2D eigenvalue weighted by molar-refractivity contribution is -0.174. The molecular formula is C12H11BrF3NO3. The molecule has 1 rings (SSSR count). The number of carboxylic acid groups (broad SMARTS) is 1. The van der Waals surface area contributed by atoms with Crippen LogP contribution in [0.15, 0.2) is 28.7 Å². The van der Waals surface area contributed by atoms with Gasteiger partial charge in [0.05, 0.1) is 6.42 Å². The Balaban J connectivity index is 2.79. The number of nitrogens with one attached hydrogen (secondary N) is 1. The van der Waals surface area contributed by atoms with Crippen LogP contribution in [0.1, 0.15) is 12.0 Å². The third-order valence-electron chi connectivity index (χ3n) is 2.38. The van der Waals surface area contributed by atoms with E-state index in [4.69, 9.17) is 5.11 Å². The maximum atomic E-state index is 12.2. The van der Waals surface area contributed by atoms with E-state index >= 15 is 0 Å². The fraction of sp³-hybridized carbons (Fsp3) is 0.333. The highest BCUT2D eigenvalue weighted by Crippen LogP contribution is 2.17. The molecule has 1 aromatic carbocycles. The van der Waals surface area contributed by atoms with Gasteiger partial charge >= 0.3 is 18.1 Å². The van der Waals surface area contributed by atoms with E-state index in [2.05, 4.69) is 15.9 Å². The average Bonchev–Trinajstić information content (AvgIpc) is 2.26. The van der Waals surface area contributed by atoms with Crippen molar-refractivity contribution in [2.45, 2.75) is 25.1 Å².